The van der Waals surface area contributed by atoms with Gasteiger partial charge in [0.2, 0.25) is 17.5 Å². The van der Waals surface area contributed by atoms with Crippen LogP contribution in [0.1, 0.15) is 59.7 Å². The van der Waals surface area contributed by atoms with Gasteiger partial charge in [0.1, 0.15) is 11.4 Å². The number of ether oxygens (including phenoxy) is 1. The van der Waals surface area contributed by atoms with Gasteiger partial charge in [0.05, 0.1) is 13.2 Å². The van der Waals surface area contributed by atoms with Gasteiger partial charge >= 0.3 is 0 Å². The third-order valence-corrected chi connectivity index (χ3v) is 5.92. The fraction of sp³-hybridized carbons (Fsp3) is 0.500. The van der Waals surface area contributed by atoms with E-state index in [0.717, 1.165) is 32.1 Å². The van der Waals surface area contributed by atoms with Crippen molar-refractivity contribution in [3.8, 4) is 0 Å². The molecule has 0 N–H and O–H groups in total. The number of rotatable bonds is 3. The number of Topliss-reactive ketones (excluding diaryl/α,β-unsaturated/α-hetero) is 2. The van der Waals surface area contributed by atoms with Crippen molar-refractivity contribution in [3.05, 3.63) is 46.8 Å². The normalized spacial score (nSPS) is 21.0. The van der Waals surface area contributed by atoms with Crippen LogP contribution in [-0.2, 0) is 9.53 Å². The van der Waals surface area contributed by atoms with Crippen LogP contribution in [0.5, 0.6) is 0 Å². The van der Waals surface area contributed by atoms with Crippen LogP contribution in [0.4, 0.5) is 0 Å². The van der Waals surface area contributed by atoms with Crippen molar-refractivity contribution in [2.75, 3.05) is 26.3 Å². The molecule has 2 fully saturated rings. The van der Waals surface area contributed by atoms with Gasteiger partial charge in [0, 0.05) is 37.2 Å². The minimum absolute atomic E-state index is 0.0284. The number of amides is 1. The molecule has 0 unspecified atom stereocenters. The van der Waals surface area contributed by atoms with Crippen LogP contribution in [-0.4, -0.2) is 59.6 Å². The standard InChI is InChI=1S/C22H26N2O4/c1-15(25)24(16-7-3-2-4-8-16)20-19(23-11-13-28-14-12-23)21(26)17-9-5-6-10-18(17)22(20)27/h5-6,9-10,16H,2-4,7-8,11-14H2,1H3. The number of carbonyl (C=O) groups excluding carboxylic acids is 3. The zero-order chi connectivity index (χ0) is 19.7. The molecule has 6 nitrogen and oxygen atoms in total. The highest BCUT2D eigenvalue weighted by Crippen LogP contribution is 2.34. The Morgan fingerprint density at radius 1 is 1.00 bits per heavy atom. The van der Waals surface area contributed by atoms with Crippen molar-refractivity contribution >= 4 is 17.5 Å². The van der Waals surface area contributed by atoms with Gasteiger partial charge in [-0.2, -0.15) is 0 Å². The topological polar surface area (TPSA) is 66.9 Å². The summed E-state index contributed by atoms with van der Waals surface area (Å²) in [7, 11) is 0. The molecule has 1 aliphatic heterocycles. The Labute approximate surface area is 165 Å². The fourth-order valence-electron chi connectivity index (χ4n) is 4.59. The quantitative estimate of drug-likeness (QED) is 0.804. The zero-order valence-corrected chi connectivity index (χ0v) is 16.3. The molecule has 1 amide bonds. The molecule has 0 bridgehead atoms. The van der Waals surface area contributed by atoms with Gasteiger partial charge in [-0.3, -0.25) is 14.4 Å². The van der Waals surface area contributed by atoms with Gasteiger partial charge < -0.3 is 14.5 Å². The maximum absolute atomic E-state index is 13.5. The summed E-state index contributed by atoms with van der Waals surface area (Å²) in [5.74, 6) is -0.570. The van der Waals surface area contributed by atoms with Crippen molar-refractivity contribution in [1.82, 2.24) is 9.80 Å². The number of allylic oxidation sites excluding steroid dienone is 2. The SMILES string of the molecule is CC(=O)N(C1=C(N2CCOCC2)C(=O)c2ccccc2C1=O)C1CCCCC1. The lowest BCUT2D eigenvalue weighted by Crippen LogP contribution is -2.48. The number of benzene rings is 1. The van der Waals surface area contributed by atoms with Crippen LogP contribution in [0.25, 0.3) is 0 Å². The summed E-state index contributed by atoms with van der Waals surface area (Å²) < 4.78 is 5.44. The molecule has 0 aromatic heterocycles. The summed E-state index contributed by atoms with van der Waals surface area (Å²) in [6, 6.07) is 6.89. The van der Waals surface area contributed by atoms with Gasteiger partial charge in [-0.05, 0) is 12.8 Å². The Morgan fingerprint density at radius 2 is 1.61 bits per heavy atom. The molecule has 0 atom stereocenters. The zero-order valence-electron chi connectivity index (χ0n) is 16.3. The molecule has 1 aromatic rings. The number of ketones is 2. The van der Waals surface area contributed by atoms with Crippen molar-refractivity contribution in [3.63, 3.8) is 0 Å². The summed E-state index contributed by atoms with van der Waals surface area (Å²) in [6.45, 7) is 3.58. The lowest BCUT2D eigenvalue weighted by Gasteiger charge is -2.40. The Bertz CT molecular complexity index is 833. The molecule has 2 aliphatic carbocycles. The van der Waals surface area contributed by atoms with Crippen LogP contribution in [0.2, 0.25) is 0 Å². The number of hydrogen-bond donors (Lipinski definition) is 0. The Balaban J connectivity index is 1.87. The first-order valence-electron chi connectivity index (χ1n) is 10.1. The first kappa shape index (κ1) is 18.9. The van der Waals surface area contributed by atoms with Crippen molar-refractivity contribution in [2.24, 2.45) is 0 Å². The maximum Gasteiger partial charge on any atom is 0.224 e. The lowest BCUT2D eigenvalue weighted by atomic mass is 9.86. The smallest absolute Gasteiger partial charge is 0.224 e. The first-order chi connectivity index (χ1) is 13.6. The van der Waals surface area contributed by atoms with E-state index >= 15 is 0 Å². The van der Waals surface area contributed by atoms with E-state index in [2.05, 4.69) is 0 Å². The summed E-state index contributed by atoms with van der Waals surface area (Å²) in [5.41, 5.74) is 1.45. The second kappa shape index (κ2) is 7.87. The molecule has 6 heteroatoms. The number of nitrogens with zero attached hydrogens (tertiary/aromatic N) is 2. The minimum Gasteiger partial charge on any atom is -0.378 e. The van der Waals surface area contributed by atoms with E-state index in [1.165, 1.54) is 6.92 Å². The van der Waals surface area contributed by atoms with Crippen molar-refractivity contribution < 1.29 is 19.1 Å². The van der Waals surface area contributed by atoms with Crippen molar-refractivity contribution in [1.29, 1.82) is 0 Å². The largest absolute Gasteiger partial charge is 0.378 e. The van der Waals surface area contributed by atoms with Crippen molar-refractivity contribution in [2.45, 2.75) is 45.1 Å². The van der Waals surface area contributed by atoms with Gasteiger partial charge in [0.15, 0.2) is 0 Å². The average Bonchev–Trinajstić information content (AvgIpc) is 2.73. The molecule has 0 radical (unpaired) electrons. The van der Waals surface area contributed by atoms with E-state index in [1.54, 1.807) is 29.2 Å². The third kappa shape index (κ3) is 3.26. The highest BCUT2D eigenvalue weighted by molar-refractivity contribution is 6.27. The number of fused-ring (bicyclic) bond motifs is 1. The second-order valence-corrected chi connectivity index (χ2v) is 7.68. The maximum atomic E-state index is 13.5. The molecular weight excluding hydrogens is 356 g/mol. The monoisotopic (exact) mass is 382 g/mol. The highest BCUT2D eigenvalue weighted by Gasteiger charge is 2.41. The molecule has 148 valence electrons. The highest BCUT2D eigenvalue weighted by atomic mass is 16.5. The van der Waals surface area contributed by atoms with E-state index in [-0.39, 0.29) is 29.2 Å². The van der Waals surface area contributed by atoms with Crippen LogP contribution >= 0.6 is 0 Å². The third-order valence-electron chi connectivity index (χ3n) is 5.92. The van der Waals surface area contributed by atoms with E-state index in [0.29, 0.717) is 43.1 Å². The molecular formula is C22H26N2O4. The molecule has 3 aliphatic rings. The van der Waals surface area contributed by atoms with Gasteiger partial charge in [-0.1, -0.05) is 43.5 Å². The average molecular weight is 382 g/mol. The Hall–Kier alpha value is -2.47. The summed E-state index contributed by atoms with van der Waals surface area (Å²) >= 11 is 0. The van der Waals surface area contributed by atoms with Gasteiger partial charge in [-0.25, -0.2) is 0 Å². The van der Waals surface area contributed by atoms with Crippen LogP contribution < -0.4 is 0 Å². The molecule has 1 heterocycles. The van der Waals surface area contributed by atoms with Crippen LogP contribution in [0, 0.1) is 0 Å². The number of morpholine rings is 1. The van der Waals surface area contributed by atoms with E-state index in [1.807, 2.05) is 4.90 Å². The molecule has 1 aromatic carbocycles. The lowest BCUT2D eigenvalue weighted by molar-refractivity contribution is -0.129. The van der Waals surface area contributed by atoms with Crippen LogP contribution in [0.3, 0.4) is 0 Å². The molecule has 0 spiro atoms. The first-order valence-corrected chi connectivity index (χ1v) is 10.1. The molecule has 4 rings (SSSR count). The minimum atomic E-state index is -0.225. The predicted octanol–water partition coefficient (Wildman–Crippen LogP) is 2.79. The molecule has 1 saturated carbocycles. The van der Waals surface area contributed by atoms with Gasteiger partial charge in [-0.15, -0.1) is 0 Å². The van der Waals surface area contributed by atoms with E-state index in [9.17, 15) is 14.4 Å². The van der Waals surface area contributed by atoms with Gasteiger partial charge in [0.25, 0.3) is 0 Å². The fourth-order valence-corrected chi connectivity index (χ4v) is 4.59. The predicted molar refractivity (Wildman–Crippen MR) is 104 cm³/mol. The second-order valence-electron chi connectivity index (χ2n) is 7.68. The Kier molecular flexibility index (Phi) is 5.31. The summed E-state index contributed by atoms with van der Waals surface area (Å²) in [5, 5.41) is 0. The summed E-state index contributed by atoms with van der Waals surface area (Å²) in [4.78, 5) is 43.3. The number of hydrogen-bond acceptors (Lipinski definition) is 5. The summed E-state index contributed by atoms with van der Waals surface area (Å²) in [6.07, 6.45) is 4.94. The van der Waals surface area contributed by atoms with Crippen LogP contribution in [0.15, 0.2) is 35.7 Å². The Morgan fingerprint density at radius 3 is 2.21 bits per heavy atom. The number of carbonyl (C=O) groups is 3. The molecule has 28 heavy (non-hydrogen) atoms. The molecule has 1 saturated heterocycles. The van der Waals surface area contributed by atoms with E-state index in [4.69, 9.17) is 4.74 Å². The van der Waals surface area contributed by atoms with E-state index < -0.39 is 0 Å².